The molecule has 0 saturated carbocycles. The fraction of sp³-hybridized carbons (Fsp3) is 0.200. The molecule has 2 rings (SSSR count). The van der Waals surface area contributed by atoms with E-state index in [1.807, 2.05) is 0 Å². The van der Waals surface area contributed by atoms with Gasteiger partial charge in [-0.2, -0.15) is 0 Å². The molecule has 4 N–H and O–H groups in total. The van der Waals surface area contributed by atoms with Gasteiger partial charge in [-0.15, -0.1) is 0 Å². The molecule has 0 atom stereocenters. The third-order valence-corrected chi connectivity index (χ3v) is 2.33. The monoisotopic (exact) mass is 205 g/mol. The standard InChI is InChI=1S/C10H11N3O2/c1-5-9(14)8-7(13-10(5)15)3-2-6(4-11)12-8/h2-3H,4,11H2,1H3,(H2,13,14,15). The number of fused-ring (bicyclic) bond motifs is 1. The average Bonchev–Trinajstić information content (AvgIpc) is 2.26. The molecule has 0 bridgehead atoms. The molecule has 0 radical (unpaired) electrons. The van der Waals surface area contributed by atoms with E-state index in [4.69, 9.17) is 5.73 Å². The van der Waals surface area contributed by atoms with Crippen LogP contribution in [0.15, 0.2) is 16.9 Å². The third-order valence-electron chi connectivity index (χ3n) is 2.33. The van der Waals surface area contributed by atoms with Gasteiger partial charge in [0.1, 0.15) is 5.52 Å². The van der Waals surface area contributed by atoms with Gasteiger partial charge in [-0.3, -0.25) is 4.79 Å². The normalized spacial score (nSPS) is 10.8. The van der Waals surface area contributed by atoms with Crippen LogP contribution in [0.4, 0.5) is 0 Å². The maximum atomic E-state index is 11.3. The molecule has 2 aromatic rings. The van der Waals surface area contributed by atoms with E-state index < -0.39 is 0 Å². The Morgan fingerprint density at radius 2 is 2.27 bits per heavy atom. The highest BCUT2D eigenvalue weighted by atomic mass is 16.3. The Hall–Kier alpha value is -1.88. The Labute approximate surface area is 85.6 Å². The van der Waals surface area contributed by atoms with Crippen LogP contribution in [0.1, 0.15) is 11.3 Å². The Balaban J connectivity index is 2.87. The average molecular weight is 205 g/mol. The van der Waals surface area contributed by atoms with Crippen LogP contribution in [0.3, 0.4) is 0 Å². The molecular formula is C10H11N3O2. The van der Waals surface area contributed by atoms with Crippen LogP contribution >= 0.6 is 0 Å². The van der Waals surface area contributed by atoms with E-state index in [2.05, 4.69) is 9.97 Å². The lowest BCUT2D eigenvalue weighted by atomic mass is 10.2. The van der Waals surface area contributed by atoms with Crippen LogP contribution in [0.2, 0.25) is 0 Å². The molecule has 0 spiro atoms. The third kappa shape index (κ3) is 1.46. The second-order valence-electron chi connectivity index (χ2n) is 3.33. The lowest BCUT2D eigenvalue weighted by Gasteiger charge is -2.04. The summed E-state index contributed by atoms with van der Waals surface area (Å²) in [7, 11) is 0. The van der Waals surface area contributed by atoms with Crippen molar-refractivity contribution in [1.29, 1.82) is 0 Å². The molecule has 2 heterocycles. The summed E-state index contributed by atoms with van der Waals surface area (Å²) in [5, 5.41) is 9.74. The summed E-state index contributed by atoms with van der Waals surface area (Å²) < 4.78 is 0. The summed E-state index contributed by atoms with van der Waals surface area (Å²) in [6, 6.07) is 3.40. The molecule has 5 nitrogen and oxygen atoms in total. The summed E-state index contributed by atoms with van der Waals surface area (Å²) in [5.74, 6) is -0.0796. The van der Waals surface area contributed by atoms with Crippen LogP contribution in [0.5, 0.6) is 5.75 Å². The highest BCUT2D eigenvalue weighted by Crippen LogP contribution is 2.22. The number of aromatic nitrogens is 2. The van der Waals surface area contributed by atoms with Crippen molar-refractivity contribution in [2.24, 2.45) is 5.73 Å². The highest BCUT2D eigenvalue weighted by Gasteiger charge is 2.09. The number of rotatable bonds is 1. The lowest BCUT2D eigenvalue weighted by molar-refractivity contribution is 0.474. The van der Waals surface area contributed by atoms with Gasteiger partial charge >= 0.3 is 0 Å². The topological polar surface area (TPSA) is 92.0 Å². The van der Waals surface area contributed by atoms with E-state index >= 15 is 0 Å². The van der Waals surface area contributed by atoms with Gasteiger partial charge in [-0.1, -0.05) is 0 Å². The first-order valence-corrected chi connectivity index (χ1v) is 4.55. The summed E-state index contributed by atoms with van der Waals surface area (Å²) in [6.07, 6.45) is 0. The van der Waals surface area contributed by atoms with Crippen molar-refractivity contribution >= 4 is 11.0 Å². The van der Waals surface area contributed by atoms with Gasteiger partial charge in [-0.05, 0) is 19.1 Å². The second kappa shape index (κ2) is 3.36. The van der Waals surface area contributed by atoms with Crippen molar-refractivity contribution in [1.82, 2.24) is 9.97 Å². The van der Waals surface area contributed by atoms with Crippen molar-refractivity contribution in [2.75, 3.05) is 0 Å². The van der Waals surface area contributed by atoms with Crippen molar-refractivity contribution < 1.29 is 5.11 Å². The van der Waals surface area contributed by atoms with Gasteiger partial charge in [0.15, 0.2) is 5.75 Å². The van der Waals surface area contributed by atoms with Gasteiger partial charge < -0.3 is 15.8 Å². The van der Waals surface area contributed by atoms with Crippen molar-refractivity contribution in [3.63, 3.8) is 0 Å². The number of H-pyrrole nitrogens is 1. The fourth-order valence-electron chi connectivity index (χ4n) is 1.40. The van der Waals surface area contributed by atoms with Gasteiger partial charge in [0.25, 0.3) is 5.56 Å². The van der Waals surface area contributed by atoms with Gasteiger partial charge in [0.05, 0.1) is 16.8 Å². The first-order valence-electron chi connectivity index (χ1n) is 4.55. The minimum Gasteiger partial charge on any atom is -0.505 e. The number of pyridine rings is 2. The number of nitrogens with two attached hydrogens (primary N) is 1. The maximum absolute atomic E-state index is 11.3. The molecular weight excluding hydrogens is 194 g/mol. The van der Waals surface area contributed by atoms with Gasteiger partial charge in [0.2, 0.25) is 0 Å². The fourth-order valence-corrected chi connectivity index (χ4v) is 1.40. The highest BCUT2D eigenvalue weighted by molar-refractivity contribution is 5.81. The van der Waals surface area contributed by atoms with E-state index in [-0.39, 0.29) is 16.9 Å². The van der Waals surface area contributed by atoms with Crippen LogP contribution in [-0.2, 0) is 6.54 Å². The molecule has 0 aliphatic carbocycles. The number of nitrogens with one attached hydrogen (secondary N) is 1. The summed E-state index contributed by atoms with van der Waals surface area (Å²) in [5.41, 5.74) is 6.98. The maximum Gasteiger partial charge on any atom is 0.255 e. The molecule has 2 aromatic heterocycles. The molecule has 5 heteroatoms. The number of aromatic hydroxyl groups is 1. The Morgan fingerprint density at radius 1 is 1.53 bits per heavy atom. The smallest absolute Gasteiger partial charge is 0.255 e. The Bertz CT molecular complexity index is 575. The SMILES string of the molecule is Cc1c(O)c2nc(CN)ccc2[nH]c1=O. The van der Waals surface area contributed by atoms with E-state index in [0.29, 0.717) is 23.3 Å². The number of aromatic amines is 1. The summed E-state index contributed by atoms with van der Waals surface area (Å²) >= 11 is 0. The second-order valence-corrected chi connectivity index (χ2v) is 3.33. The largest absolute Gasteiger partial charge is 0.505 e. The van der Waals surface area contributed by atoms with E-state index in [1.54, 1.807) is 19.1 Å². The molecule has 0 aliphatic rings. The quantitative estimate of drug-likeness (QED) is 0.628. The number of hydrogen-bond donors (Lipinski definition) is 3. The van der Waals surface area contributed by atoms with Crippen LogP contribution < -0.4 is 11.3 Å². The molecule has 0 unspecified atom stereocenters. The zero-order chi connectivity index (χ0) is 11.0. The predicted molar refractivity (Wildman–Crippen MR) is 56.7 cm³/mol. The minimum atomic E-state index is -0.303. The van der Waals surface area contributed by atoms with Crippen LogP contribution in [-0.4, -0.2) is 15.1 Å². The summed E-state index contributed by atoms with van der Waals surface area (Å²) in [6.45, 7) is 1.85. The van der Waals surface area contributed by atoms with Crippen LogP contribution in [0, 0.1) is 6.92 Å². The van der Waals surface area contributed by atoms with E-state index in [9.17, 15) is 9.90 Å². The lowest BCUT2D eigenvalue weighted by Crippen LogP contribution is -2.10. The predicted octanol–water partition coefficient (Wildman–Crippen LogP) is 0.396. The first-order chi connectivity index (χ1) is 7.13. The molecule has 0 aliphatic heterocycles. The molecule has 0 amide bonds. The van der Waals surface area contributed by atoms with E-state index in [1.165, 1.54) is 0 Å². The van der Waals surface area contributed by atoms with Crippen molar-refractivity contribution in [3.8, 4) is 5.75 Å². The molecule has 0 aromatic carbocycles. The van der Waals surface area contributed by atoms with Gasteiger partial charge in [0, 0.05) is 6.54 Å². The first kappa shape index (κ1) is 9.67. The van der Waals surface area contributed by atoms with Crippen molar-refractivity contribution in [3.05, 3.63) is 33.7 Å². The van der Waals surface area contributed by atoms with Crippen molar-refractivity contribution in [2.45, 2.75) is 13.5 Å². The molecule has 15 heavy (non-hydrogen) atoms. The number of nitrogens with zero attached hydrogens (tertiary/aromatic N) is 1. The minimum absolute atomic E-state index is 0.0796. The van der Waals surface area contributed by atoms with E-state index in [0.717, 1.165) is 0 Å². The Kier molecular flexibility index (Phi) is 2.17. The number of hydrogen-bond acceptors (Lipinski definition) is 4. The molecule has 78 valence electrons. The zero-order valence-corrected chi connectivity index (χ0v) is 8.24. The zero-order valence-electron chi connectivity index (χ0n) is 8.24. The summed E-state index contributed by atoms with van der Waals surface area (Å²) in [4.78, 5) is 18.1. The molecule has 0 fully saturated rings. The van der Waals surface area contributed by atoms with Gasteiger partial charge in [-0.25, -0.2) is 4.98 Å². The molecule has 0 saturated heterocycles. The Morgan fingerprint density at radius 3 is 2.93 bits per heavy atom. The van der Waals surface area contributed by atoms with Crippen LogP contribution in [0.25, 0.3) is 11.0 Å².